The smallest absolute Gasteiger partial charge is 0.301 e. The molecule has 7 heteroatoms. The Bertz CT molecular complexity index is 547. The second-order valence-corrected chi connectivity index (χ2v) is 6.98. The molecule has 0 bridgehead atoms. The van der Waals surface area contributed by atoms with Gasteiger partial charge in [0.05, 0.1) is 5.69 Å². The minimum absolute atomic E-state index is 0.127. The summed E-state index contributed by atoms with van der Waals surface area (Å²) < 4.78 is 28.8. The summed E-state index contributed by atoms with van der Waals surface area (Å²) in [4.78, 5) is 0. The van der Waals surface area contributed by atoms with E-state index in [9.17, 15) is 8.42 Å². The number of anilines is 1. The van der Waals surface area contributed by atoms with E-state index >= 15 is 0 Å². The maximum Gasteiger partial charge on any atom is 0.301 e. The number of hydrogen-bond acceptors (Lipinski definition) is 3. The van der Waals surface area contributed by atoms with E-state index in [1.54, 1.807) is 6.07 Å². The van der Waals surface area contributed by atoms with Crippen molar-refractivity contribution in [1.29, 1.82) is 0 Å². The third kappa shape index (κ3) is 2.69. The van der Waals surface area contributed by atoms with Crippen LogP contribution in [0.2, 0.25) is 0 Å². The van der Waals surface area contributed by atoms with Crippen LogP contribution in [0.15, 0.2) is 22.7 Å². The average molecular weight is 334 g/mol. The van der Waals surface area contributed by atoms with E-state index < -0.39 is 10.2 Å². The third-order valence-corrected chi connectivity index (χ3v) is 5.07. The maximum absolute atomic E-state index is 12.0. The van der Waals surface area contributed by atoms with Gasteiger partial charge in [-0.1, -0.05) is 6.07 Å². The Balaban J connectivity index is 2.39. The van der Waals surface area contributed by atoms with Gasteiger partial charge >= 0.3 is 10.2 Å². The van der Waals surface area contributed by atoms with Crippen LogP contribution in [0.1, 0.15) is 5.56 Å². The van der Waals surface area contributed by atoms with Crippen LogP contribution in [0.5, 0.6) is 0 Å². The number of aryl methyl sites for hydroxylation is 1. The summed E-state index contributed by atoms with van der Waals surface area (Å²) in [5, 5.41) is 0. The zero-order valence-corrected chi connectivity index (χ0v) is 12.5. The first-order valence-electron chi connectivity index (χ1n) is 5.67. The first kappa shape index (κ1) is 13.8. The van der Waals surface area contributed by atoms with E-state index in [0.29, 0.717) is 25.3 Å². The minimum Gasteiger partial charge on any atom is -0.330 e. The predicted octanol–water partition coefficient (Wildman–Crippen LogP) is 0.987. The van der Waals surface area contributed by atoms with Crippen molar-refractivity contribution in [3.63, 3.8) is 0 Å². The lowest BCUT2D eigenvalue weighted by molar-refractivity contribution is 0.486. The average Bonchev–Trinajstić information content (AvgIpc) is 2.30. The van der Waals surface area contributed by atoms with Gasteiger partial charge in [-0.2, -0.15) is 13.1 Å². The Labute approximate surface area is 116 Å². The Morgan fingerprint density at radius 2 is 2.28 bits per heavy atom. The number of nitrogens with one attached hydrogen (secondary N) is 1. The summed E-state index contributed by atoms with van der Waals surface area (Å²) in [6.07, 6.45) is 0. The summed E-state index contributed by atoms with van der Waals surface area (Å²) in [5.74, 6) is 0.127. The zero-order chi connectivity index (χ0) is 13.3. The Kier molecular flexibility index (Phi) is 3.96. The van der Waals surface area contributed by atoms with Crippen molar-refractivity contribution in [2.45, 2.75) is 6.92 Å². The summed E-state index contributed by atoms with van der Waals surface area (Å²) >= 11 is 3.41. The van der Waals surface area contributed by atoms with E-state index in [2.05, 4.69) is 20.7 Å². The van der Waals surface area contributed by atoms with Crippen molar-refractivity contribution in [1.82, 2.24) is 4.72 Å². The second-order valence-electron chi connectivity index (χ2n) is 4.44. The van der Waals surface area contributed by atoms with Crippen LogP contribution in [-0.4, -0.2) is 28.1 Å². The van der Waals surface area contributed by atoms with Crippen LogP contribution in [0, 0.1) is 12.8 Å². The van der Waals surface area contributed by atoms with Gasteiger partial charge in [0, 0.05) is 23.5 Å². The van der Waals surface area contributed by atoms with Crippen LogP contribution in [0.3, 0.4) is 0 Å². The molecule has 0 spiro atoms. The predicted molar refractivity (Wildman–Crippen MR) is 75.7 cm³/mol. The lowest BCUT2D eigenvalue weighted by Gasteiger charge is -2.34. The van der Waals surface area contributed by atoms with Gasteiger partial charge in [-0.3, -0.25) is 4.31 Å². The molecule has 100 valence electrons. The fourth-order valence-corrected chi connectivity index (χ4v) is 4.15. The molecular formula is C11H16BrN3O2S. The van der Waals surface area contributed by atoms with Crippen molar-refractivity contribution in [2.24, 2.45) is 11.7 Å². The Morgan fingerprint density at radius 1 is 1.56 bits per heavy atom. The normalized spacial score (nSPS) is 23.1. The molecule has 2 rings (SSSR count). The summed E-state index contributed by atoms with van der Waals surface area (Å²) in [6.45, 7) is 3.23. The molecule has 0 aliphatic carbocycles. The van der Waals surface area contributed by atoms with E-state index in [1.807, 2.05) is 19.1 Å². The highest BCUT2D eigenvalue weighted by Crippen LogP contribution is 2.30. The van der Waals surface area contributed by atoms with Crippen LogP contribution >= 0.6 is 15.9 Å². The molecule has 1 fully saturated rings. The van der Waals surface area contributed by atoms with Gasteiger partial charge in [-0.05, 0) is 47.1 Å². The molecule has 5 nitrogen and oxygen atoms in total. The van der Waals surface area contributed by atoms with Gasteiger partial charge in [-0.25, -0.2) is 0 Å². The quantitative estimate of drug-likeness (QED) is 0.847. The first-order valence-corrected chi connectivity index (χ1v) is 7.91. The van der Waals surface area contributed by atoms with E-state index in [4.69, 9.17) is 5.73 Å². The number of nitrogens with two attached hydrogens (primary N) is 1. The lowest BCUT2D eigenvalue weighted by Crippen LogP contribution is -2.53. The van der Waals surface area contributed by atoms with Crippen LogP contribution in [0.4, 0.5) is 5.69 Å². The number of nitrogens with zero attached hydrogens (tertiary/aromatic N) is 1. The molecule has 1 aliphatic rings. The molecular weight excluding hydrogens is 318 g/mol. The SMILES string of the molecule is Cc1ccc(N2CC(CN)CNS2(=O)=O)c(Br)c1. The van der Waals surface area contributed by atoms with E-state index in [0.717, 1.165) is 10.0 Å². The van der Waals surface area contributed by atoms with Crippen molar-refractivity contribution in [2.75, 3.05) is 23.9 Å². The van der Waals surface area contributed by atoms with Crippen molar-refractivity contribution >= 4 is 31.8 Å². The Hall–Kier alpha value is -0.630. The molecule has 1 heterocycles. The molecule has 3 N–H and O–H groups in total. The largest absolute Gasteiger partial charge is 0.330 e. The van der Waals surface area contributed by atoms with Crippen LogP contribution < -0.4 is 14.8 Å². The fraction of sp³-hybridized carbons (Fsp3) is 0.455. The highest BCUT2D eigenvalue weighted by Gasteiger charge is 2.31. The molecule has 0 saturated carbocycles. The molecule has 0 amide bonds. The zero-order valence-electron chi connectivity index (χ0n) is 10.1. The molecule has 1 saturated heterocycles. The molecule has 1 unspecified atom stereocenters. The number of hydrogen-bond donors (Lipinski definition) is 2. The first-order chi connectivity index (χ1) is 8.44. The van der Waals surface area contributed by atoms with Crippen molar-refractivity contribution in [3.8, 4) is 0 Å². The summed E-state index contributed by atoms with van der Waals surface area (Å²) in [7, 11) is -3.46. The monoisotopic (exact) mass is 333 g/mol. The lowest BCUT2D eigenvalue weighted by atomic mass is 10.1. The highest BCUT2D eigenvalue weighted by molar-refractivity contribution is 9.10. The van der Waals surface area contributed by atoms with Gasteiger partial charge in [0.1, 0.15) is 0 Å². The van der Waals surface area contributed by atoms with Crippen LogP contribution in [0.25, 0.3) is 0 Å². The minimum atomic E-state index is -3.46. The highest BCUT2D eigenvalue weighted by atomic mass is 79.9. The second kappa shape index (κ2) is 5.16. The number of rotatable bonds is 2. The fourth-order valence-electron chi connectivity index (χ4n) is 1.90. The molecule has 1 aromatic carbocycles. The van der Waals surface area contributed by atoms with Crippen LogP contribution in [-0.2, 0) is 10.2 Å². The molecule has 18 heavy (non-hydrogen) atoms. The van der Waals surface area contributed by atoms with Gasteiger partial charge in [0.2, 0.25) is 0 Å². The summed E-state index contributed by atoms with van der Waals surface area (Å²) in [5.41, 5.74) is 7.34. The standard InChI is InChI=1S/C11H16BrN3O2S/c1-8-2-3-11(10(12)4-8)15-7-9(5-13)6-14-18(15,16)17/h2-4,9,14H,5-7,13H2,1H3. The van der Waals surface area contributed by atoms with Gasteiger partial charge in [-0.15, -0.1) is 0 Å². The Morgan fingerprint density at radius 3 is 2.89 bits per heavy atom. The van der Waals surface area contributed by atoms with E-state index in [-0.39, 0.29) is 5.92 Å². The molecule has 1 atom stereocenters. The van der Waals surface area contributed by atoms with Crippen molar-refractivity contribution < 1.29 is 8.42 Å². The summed E-state index contributed by atoms with van der Waals surface area (Å²) in [6, 6.07) is 5.59. The topological polar surface area (TPSA) is 75.4 Å². The van der Waals surface area contributed by atoms with Gasteiger partial charge < -0.3 is 5.73 Å². The van der Waals surface area contributed by atoms with Gasteiger partial charge in [0.25, 0.3) is 0 Å². The molecule has 0 radical (unpaired) electrons. The maximum atomic E-state index is 12.0. The van der Waals surface area contributed by atoms with E-state index in [1.165, 1.54) is 4.31 Å². The molecule has 0 aromatic heterocycles. The van der Waals surface area contributed by atoms with Crippen molar-refractivity contribution in [3.05, 3.63) is 28.2 Å². The number of benzene rings is 1. The number of halogens is 1. The third-order valence-electron chi connectivity index (χ3n) is 2.97. The molecule has 1 aliphatic heterocycles. The molecule has 1 aromatic rings. The van der Waals surface area contributed by atoms with Gasteiger partial charge in [0.15, 0.2) is 0 Å².